The molecule has 0 aromatic rings. The van der Waals surface area contributed by atoms with Crippen LogP contribution in [0.1, 0.15) is 40.0 Å². The summed E-state index contributed by atoms with van der Waals surface area (Å²) < 4.78 is 5.96. The summed E-state index contributed by atoms with van der Waals surface area (Å²) in [5, 5.41) is 32.2. The number of hydrogen-bond acceptors (Lipinski definition) is 7. The van der Waals surface area contributed by atoms with Crippen molar-refractivity contribution in [3.63, 3.8) is 0 Å². The lowest BCUT2D eigenvalue weighted by atomic mass is 9.45. The van der Waals surface area contributed by atoms with Gasteiger partial charge in [0.1, 0.15) is 12.7 Å². The second kappa shape index (κ2) is 6.11. The van der Waals surface area contributed by atoms with Gasteiger partial charge in [0.15, 0.2) is 23.0 Å². The third-order valence-electron chi connectivity index (χ3n) is 8.92. The van der Waals surface area contributed by atoms with E-state index in [2.05, 4.69) is 4.99 Å². The van der Waals surface area contributed by atoms with Gasteiger partial charge >= 0.3 is 0 Å². The van der Waals surface area contributed by atoms with Crippen molar-refractivity contribution in [3.8, 4) is 0 Å². The molecular weight excluding hydrogens is 386 g/mol. The average Bonchev–Trinajstić information content (AvgIpc) is 3.13. The lowest BCUT2D eigenvalue weighted by Crippen LogP contribution is -2.63. The van der Waals surface area contributed by atoms with Gasteiger partial charge in [0.25, 0.3) is 0 Å². The molecule has 3 saturated carbocycles. The smallest absolute Gasteiger partial charge is 0.190 e. The summed E-state index contributed by atoms with van der Waals surface area (Å²) in [6.45, 7) is 5.06. The number of aliphatic hydroxyl groups is 3. The summed E-state index contributed by atoms with van der Waals surface area (Å²) in [5.41, 5.74) is -1.85. The van der Waals surface area contributed by atoms with Crippen LogP contribution < -0.4 is 0 Å². The minimum atomic E-state index is -1.21. The van der Waals surface area contributed by atoms with E-state index in [4.69, 9.17) is 4.74 Å². The first kappa shape index (κ1) is 20.1. The number of carbonyl (C=O) groups excluding carboxylic acids is 2. The van der Waals surface area contributed by atoms with Crippen molar-refractivity contribution in [2.45, 2.75) is 63.9 Å². The van der Waals surface area contributed by atoms with Crippen molar-refractivity contribution in [1.29, 1.82) is 0 Å². The normalized spacial score (nSPS) is 51.2. The lowest BCUT2D eigenvalue weighted by Gasteiger charge is -2.60. The molecule has 7 nitrogen and oxygen atoms in total. The van der Waals surface area contributed by atoms with Gasteiger partial charge in [-0.15, -0.1) is 0 Å². The maximum atomic E-state index is 13.1. The topological polar surface area (TPSA) is 116 Å². The highest BCUT2D eigenvalue weighted by Crippen LogP contribution is 2.69. The van der Waals surface area contributed by atoms with Crippen LogP contribution in [-0.2, 0) is 14.3 Å². The van der Waals surface area contributed by atoms with E-state index in [-0.39, 0.29) is 29.3 Å². The van der Waals surface area contributed by atoms with Crippen molar-refractivity contribution in [3.05, 3.63) is 23.8 Å². The van der Waals surface area contributed by atoms with E-state index < -0.39 is 41.3 Å². The lowest BCUT2D eigenvalue weighted by molar-refractivity contribution is -0.150. The molecule has 0 aromatic heterocycles. The van der Waals surface area contributed by atoms with Gasteiger partial charge in [-0.25, -0.2) is 4.99 Å². The Morgan fingerprint density at radius 2 is 2.03 bits per heavy atom. The molecule has 162 valence electrons. The Morgan fingerprint density at radius 3 is 2.73 bits per heavy atom. The van der Waals surface area contributed by atoms with Crippen molar-refractivity contribution >= 4 is 17.5 Å². The molecule has 0 saturated heterocycles. The number of aliphatic hydroxyl groups excluding tert-OH is 3. The number of allylic oxidation sites excluding steroid dienone is 3. The Kier molecular flexibility index (Phi) is 4.09. The number of hydrogen-bond donors (Lipinski definition) is 3. The zero-order chi connectivity index (χ0) is 21.6. The van der Waals surface area contributed by atoms with Gasteiger partial charge in [0.05, 0.1) is 12.2 Å². The molecule has 7 heteroatoms. The highest BCUT2D eigenvalue weighted by molar-refractivity contribution is 6.01. The minimum Gasteiger partial charge on any atom is -0.475 e. The number of Topliss-reactive ketones (excluding diaryl/α,β-unsaturated/α-hetero) is 1. The van der Waals surface area contributed by atoms with Crippen molar-refractivity contribution in [2.75, 3.05) is 6.61 Å². The third kappa shape index (κ3) is 2.18. The fourth-order valence-electron chi connectivity index (χ4n) is 7.86. The zero-order valence-corrected chi connectivity index (χ0v) is 17.5. The Balaban J connectivity index is 1.63. The van der Waals surface area contributed by atoms with Crippen LogP contribution >= 0.6 is 0 Å². The number of carbonyl (C=O) groups is 2. The van der Waals surface area contributed by atoms with E-state index >= 15 is 0 Å². The molecule has 0 radical (unpaired) electrons. The molecule has 5 aliphatic rings. The molecule has 30 heavy (non-hydrogen) atoms. The summed E-state index contributed by atoms with van der Waals surface area (Å²) in [4.78, 5) is 29.7. The van der Waals surface area contributed by atoms with Crippen LogP contribution in [0, 0.1) is 28.6 Å². The van der Waals surface area contributed by atoms with E-state index in [0.29, 0.717) is 30.7 Å². The fourth-order valence-corrected chi connectivity index (χ4v) is 7.86. The number of ketones is 2. The van der Waals surface area contributed by atoms with Crippen molar-refractivity contribution in [2.24, 2.45) is 33.6 Å². The van der Waals surface area contributed by atoms with Crippen LogP contribution in [0.3, 0.4) is 0 Å². The minimum absolute atomic E-state index is 0.0118. The second-order valence-electron chi connectivity index (χ2n) is 10.2. The van der Waals surface area contributed by atoms with E-state index in [9.17, 15) is 24.9 Å². The van der Waals surface area contributed by atoms with Gasteiger partial charge in [-0.3, -0.25) is 9.59 Å². The van der Waals surface area contributed by atoms with Crippen molar-refractivity contribution < 1.29 is 29.6 Å². The highest BCUT2D eigenvalue weighted by atomic mass is 16.5. The molecule has 0 aromatic carbocycles. The summed E-state index contributed by atoms with van der Waals surface area (Å²) in [7, 11) is 0. The first-order chi connectivity index (χ1) is 14.1. The largest absolute Gasteiger partial charge is 0.475 e. The van der Waals surface area contributed by atoms with Crippen LogP contribution in [0.15, 0.2) is 28.8 Å². The van der Waals surface area contributed by atoms with Gasteiger partial charge < -0.3 is 20.1 Å². The van der Waals surface area contributed by atoms with Crippen LogP contribution in [0.25, 0.3) is 0 Å². The van der Waals surface area contributed by atoms with Gasteiger partial charge in [-0.2, -0.15) is 0 Å². The Labute approximate surface area is 175 Å². The molecule has 0 amide bonds. The molecule has 4 aliphatic carbocycles. The maximum Gasteiger partial charge on any atom is 0.190 e. The first-order valence-electron chi connectivity index (χ1n) is 10.8. The third-order valence-corrected chi connectivity index (χ3v) is 8.92. The van der Waals surface area contributed by atoms with E-state index in [1.165, 1.54) is 12.2 Å². The predicted octanol–water partition coefficient (Wildman–Crippen LogP) is 0.963. The molecule has 3 fully saturated rings. The van der Waals surface area contributed by atoms with Gasteiger partial charge in [0, 0.05) is 23.7 Å². The molecule has 0 spiro atoms. The van der Waals surface area contributed by atoms with Crippen molar-refractivity contribution in [1.82, 2.24) is 0 Å². The summed E-state index contributed by atoms with van der Waals surface area (Å²) >= 11 is 0. The van der Waals surface area contributed by atoms with Gasteiger partial charge in [0.2, 0.25) is 0 Å². The molecule has 0 bridgehead atoms. The summed E-state index contributed by atoms with van der Waals surface area (Å²) in [6.07, 6.45) is 4.23. The van der Waals surface area contributed by atoms with Gasteiger partial charge in [-0.05, 0) is 48.8 Å². The molecule has 5 rings (SSSR count). The Bertz CT molecular complexity index is 923. The first-order valence-corrected chi connectivity index (χ1v) is 10.8. The molecule has 2 unspecified atom stereocenters. The van der Waals surface area contributed by atoms with Gasteiger partial charge in [-0.1, -0.05) is 19.9 Å². The molecule has 9 atom stereocenters. The predicted molar refractivity (Wildman–Crippen MR) is 108 cm³/mol. The second-order valence-corrected chi connectivity index (χ2v) is 10.2. The van der Waals surface area contributed by atoms with Crippen LogP contribution in [0.2, 0.25) is 0 Å². The fraction of sp³-hybridized carbons (Fsp3) is 0.696. The van der Waals surface area contributed by atoms with Crippen LogP contribution in [-0.4, -0.2) is 63.2 Å². The summed E-state index contributed by atoms with van der Waals surface area (Å²) in [6, 6.07) is 0. The SMILES string of the molecule is CC1=NC2(C(=O)CO)C(C[C@@H]3[C@H]4C[C@H](O)C5=CC(=O)C=C[C@@]5(C)[C@@H]4[C@H](O)C[C@]32C)O1. The Hall–Kier alpha value is -1.83. The van der Waals surface area contributed by atoms with E-state index in [0.717, 1.165) is 0 Å². The van der Waals surface area contributed by atoms with E-state index in [1.54, 1.807) is 6.92 Å². The number of fused-ring (bicyclic) bond motifs is 7. The highest BCUT2D eigenvalue weighted by Gasteiger charge is 2.74. The molecular formula is C23H29NO6. The quantitative estimate of drug-likeness (QED) is 0.619. The molecule has 3 N–H and O–H groups in total. The molecule has 1 aliphatic heterocycles. The zero-order valence-electron chi connectivity index (χ0n) is 17.5. The molecule has 1 heterocycles. The van der Waals surface area contributed by atoms with Crippen LogP contribution in [0.4, 0.5) is 0 Å². The summed E-state index contributed by atoms with van der Waals surface area (Å²) in [5.74, 6) is -0.334. The standard InChI is InChI=1S/C23H29NO6/c1-11-24-23(18(29)10-25)19(30-11)8-14-13-7-16(27)15-6-12(26)4-5-21(15,2)20(13)17(28)9-22(14,23)3/h4-6,13-14,16-17,19-20,25,27-28H,7-10H2,1-3H3/t13-,14-,16+,17-,19?,20+,21-,22-,23?/m1/s1. The number of ether oxygens (including phenoxy) is 1. The van der Waals surface area contributed by atoms with E-state index in [1.807, 2.05) is 19.9 Å². The number of rotatable bonds is 2. The monoisotopic (exact) mass is 415 g/mol. The average molecular weight is 415 g/mol. The maximum absolute atomic E-state index is 13.1. The number of aliphatic imine (C=N–C) groups is 1. The Morgan fingerprint density at radius 1 is 1.30 bits per heavy atom. The van der Waals surface area contributed by atoms with Crippen LogP contribution in [0.5, 0.6) is 0 Å². The number of nitrogens with zero attached hydrogens (tertiary/aromatic N) is 1.